The van der Waals surface area contributed by atoms with Gasteiger partial charge in [-0.05, 0) is 19.8 Å². The number of hydrogen-bond acceptors (Lipinski definition) is 6. The molecule has 20 heavy (non-hydrogen) atoms. The van der Waals surface area contributed by atoms with Crippen molar-refractivity contribution in [1.29, 1.82) is 0 Å². The summed E-state index contributed by atoms with van der Waals surface area (Å²) in [5.41, 5.74) is 0. The largest absolute Gasteiger partial charge is 0.352 e. The molecular formula is C13H21N3OS3. The van der Waals surface area contributed by atoms with Crippen LogP contribution in [-0.2, 0) is 4.79 Å². The number of aromatic nitrogens is 2. The summed E-state index contributed by atoms with van der Waals surface area (Å²) in [7, 11) is 0. The van der Waals surface area contributed by atoms with E-state index >= 15 is 0 Å². The summed E-state index contributed by atoms with van der Waals surface area (Å²) in [5, 5.41) is 11.8. The zero-order chi connectivity index (χ0) is 14.5. The summed E-state index contributed by atoms with van der Waals surface area (Å²) in [5.74, 6) is 0.121. The van der Waals surface area contributed by atoms with Crippen molar-refractivity contribution < 1.29 is 4.79 Å². The Kier molecular flexibility index (Phi) is 6.17. The van der Waals surface area contributed by atoms with E-state index in [4.69, 9.17) is 0 Å². The van der Waals surface area contributed by atoms with E-state index in [0.29, 0.717) is 11.3 Å². The van der Waals surface area contributed by atoms with E-state index in [1.807, 2.05) is 6.92 Å². The normalized spacial score (nSPS) is 17.6. The maximum absolute atomic E-state index is 12.1. The van der Waals surface area contributed by atoms with E-state index in [-0.39, 0.29) is 11.2 Å². The van der Waals surface area contributed by atoms with Crippen molar-refractivity contribution in [3.63, 3.8) is 0 Å². The van der Waals surface area contributed by atoms with Crippen LogP contribution in [0.5, 0.6) is 0 Å². The SMILES string of the molecule is CC(C)Sc1nnc(S[C@@H](C)C(=O)NC2CCCC2)s1. The second-order valence-corrected chi connectivity index (χ2v) is 9.64. The molecule has 4 nitrogen and oxygen atoms in total. The Morgan fingerprint density at radius 2 is 1.80 bits per heavy atom. The molecule has 1 atom stereocenters. The zero-order valence-corrected chi connectivity index (χ0v) is 14.5. The van der Waals surface area contributed by atoms with Gasteiger partial charge in [0.25, 0.3) is 0 Å². The first-order chi connectivity index (χ1) is 9.54. The third kappa shape index (κ3) is 4.93. The molecule has 1 heterocycles. The lowest BCUT2D eigenvalue weighted by Crippen LogP contribution is -2.37. The summed E-state index contributed by atoms with van der Waals surface area (Å²) in [6.07, 6.45) is 4.71. The van der Waals surface area contributed by atoms with Crippen LogP contribution in [0.15, 0.2) is 8.68 Å². The predicted octanol–water partition coefficient (Wildman–Crippen LogP) is 3.58. The first kappa shape index (κ1) is 16.1. The highest BCUT2D eigenvalue weighted by Crippen LogP contribution is 2.33. The number of rotatable bonds is 6. The molecule has 0 unspecified atom stereocenters. The van der Waals surface area contributed by atoms with Crippen LogP contribution in [0.2, 0.25) is 0 Å². The molecule has 112 valence electrons. The maximum Gasteiger partial charge on any atom is 0.233 e. The van der Waals surface area contributed by atoms with Crippen molar-refractivity contribution in [2.75, 3.05) is 0 Å². The van der Waals surface area contributed by atoms with Crippen molar-refractivity contribution in [2.24, 2.45) is 0 Å². The molecule has 0 aromatic carbocycles. The Morgan fingerprint density at radius 3 is 2.40 bits per heavy atom. The van der Waals surface area contributed by atoms with Crippen LogP contribution in [-0.4, -0.2) is 32.6 Å². The van der Waals surface area contributed by atoms with Crippen LogP contribution in [0, 0.1) is 0 Å². The van der Waals surface area contributed by atoms with Crippen molar-refractivity contribution in [3.05, 3.63) is 0 Å². The fourth-order valence-corrected chi connectivity index (χ4v) is 5.48. The molecular weight excluding hydrogens is 310 g/mol. The Bertz CT molecular complexity index is 444. The fraction of sp³-hybridized carbons (Fsp3) is 0.769. The number of carbonyl (C=O) groups is 1. The number of amides is 1. The average Bonchev–Trinajstić information content (AvgIpc) is 3.00. The van der Waals surface area contributed by atoms with E-state index < -0.39 is 0 Å². The molecule has 1 amide bonds. The Morgan fingerprint density at radius 1 is 1.20 bits per heavy atom. The molecule has 0 saturated heterocycles. The van der Waals surface area contributed by atoms with Crippen molar-refractivity contribution in [1.82, 2.24) is 15.5 Å². The van der Waals surface area contributed by atoms with Crippen LogP contribution in [0.4, 0.5) is 0 Å². The van der Waals surface area contributed by atoms with Crippen molar-refractivity contribution >= 4 is 40.8 Å². The van der Waals surface area contributed by atoms with Gasteiger partial charge in [0.2, 0.25) is 5.91 Å². The highest BCUT2D eigenvalue weighted by Gasteiger charge is 2.22. The quantitative estimate of drug-likeness (QED) is 0.808. The Labute approximate surface area is 132 Å². The molecule has 1 N–H and O–H groups in total. The molecule has 1 aliphatic carbocycles. The van der Waals surface area contributed by atoms with Gasteiger partial charge in [0, 0.05) is 11.3 Å². The number of nitrogens with one attached hydrogen (secondary N) is 1. The van der Waals surface area contributed by atoms with E-state index in [1.54, 1.807) is 23.1 Å². The molecule has 0 spiro atoms. The molecule has 1 aromatic heterocycles. The molecule has 1 aliphatic rings. The Hall–Kier alpha value is -0.270. The summed E-state index contributed by atoms with van der Waals surface area (Å²) in [6, 6.07) is 0.382. The number of hydrogen-bond donors (Lipinski definition) is 1. The van der Waals surface area contributed by atoms with Gasteiger partial charge in [-0.1, -0.05) is 61.5 Å². The van der Waals surface area contributed by atoms with Crippen LogP contribution in [0.25, 0.3) is 0 Å². The molecule has 0 radical (unpaired) electrons. The minimum Gasteiger partial charge on any atom is -0.352 e. The molecule has 1 aromatic rings. The van der Waals surface area contributed by atoms with Gasteiger partial charge in [-0.25, -0.2) is 0 Å². The zero-order valence-electron chi connectivity index (χ0n) is 12.1. The van der Waals surface area contributed by atoms with E-state index in [1.165, 1.54) is 24.6 Å². The van der Waals surface area contributed by atoms with Crippen molar-refractivity contribution in [3.8, 4) is 0 Å². The highest BCUT2D eigenvalue weighted by atomic mass is 32.2. The minimum absolute atomic E-state index is 0.111. The van der Waals surface area contributed by atoms with Gasteiger partial charge in [0.05, 0.1) is 5.25 Å². The van der Waals surface area contributed by atoms with Gasteiger partial charge in [-0.2, -0.15) is 0 Å². The first-order valence-electron chi connectivity index (χ1n) is 7.02. The monoisotopic (exact) mass is 331 g/mol. The predicted molar refractivity (Wildman–Crippen MR) is 86.6 cm³/mol. The minimum atomic E-state index is -0.111. The molecule has 1 saturated carbocycles. The van der Waals surface area contributed by atoms with Gasteiger partial charge in [-0.15, -0.1) is 10.2 Å². The molecule has 0 bridgehead atoms. The highest BCUT2D eigenvalue weighted by molar-refractivity contribution is 8.04. The summed E-state index contributed by atoms with van der Waals surface area (Å²) in [6.45, 7) is 6.21. The van der Waals surface area contributed by atoms with Gasteiger partial charge in [0.15, 0.2) is 8.68 Å². The third-order valence-electron chi connectivity index (χ3n) is 3.07. The van der Waals surface area contributed by atoms with Crippen LogP contribution < -0.4 is 5.32 Å². The summed E-state index contributed by atoms with van der Waals surface area (Å²) < 4.78 is 1.85. The van der Waals surface area contributed by atoms with E-state index in [0.717, 1.165) is 21.5 Å². The van der Waals surface area contributed by atoms with Crippen molar-refractivity contribution in [2.45, 2.75) is 71.7 Å². The lowest BCUT2D eigenvalue weighted by molar-refractivity contribution is -0.120. The number of nitrogens with zero attached hydrogens (tertiary/aromatic N) is 2. The smallest absolute Gasteiger partial charge is 0.233 e. The molecule has 2 rings (SSSR count). The maximum atomic E-state index is 12.1. The van der Waals surface area contributed by atoms with Crippen LogP contribution in [0.1, 0.15) is 46.5 Å². The standard InChI is InChI=1S/C13H21N3OS3/c1-8(2)18-12-15-16-13(20-12)19-9(3)11(17)14-10-6-4-5-7-10/h8-10H,4-7H2,1-3H3,(H,14,17)/t9-/m0/s1. The number of thioether (sulfide) groups is 2. The van der Waals surface area contributed by atoms with Crippen LogP contribution >= 0.6 is 34.9 Å². The van der Waals surface area contributed by atoms with Crippen LogP contribution in [0.3, 0.4) is 0 Å². The number of carbonyl (C=O) groups excluding carboxylic acids is 1. The van der Waals surface area contributed by atoms with Gasteiger partial charge in [0.1, 0.15) is 0 Å². The molecule has 1 fully saturated rings. The second-order valence-electron chi connectivity index (χ2n) is 5.25. The van der Waals surface area contributed by atoms with Gasteiger partial charge < -0.3 is 5.32 Å². The summed E-state index contributed by atoms with van der Waals surface area (Å²) >= 11 is 4.79. The average molecular weight is 332 g/mol. The molecule has 0 aliphatic heterocycles. The topological polar surface area (TPSA) is 54.9 Å². The lowest BCUT2D eigenvalue weighted by Gasteiger charge is -2.15. The summed E-state index contributed by atoms with van der Waals surface area (Å²) in [4.78, 5) is 12.1. The Balaban J connectivity index is 1.82. The second kappa shape index (κ2) is 7.66. The van der Waals surface area contributed by atoms with Gasteiger partial charge >= 0.3 is 0 Å². The van der Waals surface area contributed by atoms with E-state index in [9.17, 15) is 4.79 Å². The molecule has 7 heteroatoms. The fourth-order valence-electron chi connectivity index (χ4n) is 2.09. The third-order valence-corrected chi connectivity index (χ3v) is 6.27. The lowest BCUT2D eigenvalue weighted by atomic mass is 10.2. The first-order valence-corrected chi connectivity index (χ1v) is 9.59. The van der Waals surface area contributed by atoms with E-state index in [2.05, 4.69) is 29.4 Å². The van der Waals surface area contributed by atoms with Gasteiger partial charge in [-0.3, -0.25) is 4.79 Å².